The van der Waals surface area contributed by atoms with Gasteiger partial charge in [-0.15, -0.1) is 4.40 Å². The third-order valence-corrected chi connectivity index (χ3v) is 4.70. The molecule has 0 radical (unpaired) electrons. The van der Waals surface area contributed by atoms with Crippen LogP contribution in [-0.2, 0) is 10.0 Å². The Balaban J connectivity index is 2.31. The zero-order valence-electron chi connectivity index (χ0n) is 11.5. The molecule has 0 unspecified atom stereocenters. The summed E-state index contributed by atoms with van der Waals surface area (Å²) in [6, 6.07) is 6.82. The first kappa shape index (κ1) is 14.1. The van der Waals surface area contributed by atoms with E-state index in [2.05, 4.69) is 4.40 Å². The van der Waals surface area contributed by atoms with Gasteiger partial charge in [0.05, 0.1) is 4.90 Å². The molecular weight excluding hydrogens is 260 g/mol. The van der Waals surface area contributed by atoms with Gasteiger partial charge in [0.2, 0.25) is 0 Å². The van der Waals surface area contributed by atoms with Crippen molar-refractivity contribution in [2.24, 2.45) is 4.40 Å². The average Bonchev–Trinajstić information content (AvgIpc) is 2.55. The van der Waals surface area contributed by atoms with Crippen LogP contribution in [0.3, 0.4) is 0 Å². The molecule has 0 aliphatic carbocycles. The lowest BCUT2D eigenvalue weighted by atomic mass is 10.2. The Morgan fingerprint density at radius 2 is 1.79 bits per heavy atom. The van der Waals surface area contributed by atoms with E-state index in [-0.39, 0.29) is 4.90 Å². The molecule has 0 bridgehead atoms. The lowest BCUT2D eigenvalue weighted by molar-refractivity contribution is 0.494. The van der Waals surface area contributed by atoms with E-state index >= 15 is 0 Å². The van der Waals surface area contributed by atoms with Gasteiger partial charge < -0.3 is 4.90 Å². The van der Waals surface area contributed by atoms with Crippen molar-refractivity contribution in [3.8, 4) is 0 Å². The number of amidine groups is 1. The summed E-state index contributed by atoms with van der Waals surface area (Å²) in [5.74, 6) is 0.679. The molecular formula is C14H20N2O2S. The Kier molecular flexibility index (Phi) is 4.24. The molecule has 2 rings (SSSR count). The van der Waals surface area contributed by atoms with Gasteiger partial charge in [-0.2, -0.15) is 8.42 Å². The Hall–Kier alpha value is -1.36. The standard InChI is InChI=1S/C14H20N2O2S/c1-12-7-9-13(10-8-12)19(17,18)15-14-6-4-3-5-11-16(14)2/h7-10H,3-6,11H2,1-2H3/b15-14-. The number of hydrogen-bond acceptors (Lipinski definition) is 2. The van der Waals surface area contributed by atoms with Crippen LogP contribution < -0.4 is 0 Å². The SMILES string of the molecule is Cc1ccc(S(=O)(=O)/N=C2/CCCCCN2C)cc1. The van der Waals surface area contributed by atoms with Crippen molar-refractivity contribution in [2.45, 2.75) is 37.5 Å². The van der Waals surface area contributed by atoms with E-state index in [9.17, 15) is 8.42 Å². The van der Waals surface area contributed by atoms with E-state index in [1.807, 2.05) is 18.9 Å². The van der Waals surface area contributed by atoms with Gasteiger partial charge >= 0.3 is 0 Å². The normalized spacial score (nSPS) is 19.5. The lowest BCUT2D eigenvalue weighted by Gasteiger charge is -2.17. The minimum Gasteiger partial charge on any atom is -0.362 e. The van der Waals surface area contributed by atoms with Gasteiger partial charge in [0, 0.05) is 20.0 Å². The smallest absolute Gasteiger partial charge is 0.283 e. The second-order valence-electron chi connectivity index (χ2n) is 5.03. The Bertz CT molecular complexity index is 562. The van der Waals surface area contributed by atoms with Crippen LogP contribution in [-0.4, -0.2) is 32.7 Å². The molecule has 104 valence electrons. The van der Waals surface area contributed by atoms with E-state index < -0.39 is 10.0 Å². The molecule has 1 aromatic carbocycles. The maximum absolute atomic E-state index is 12.3. The topological polar surface area (TPSA) is 49.7 Å². The molecule has 1 fully saturated rings. The van der Waals surface area contributed by atoms with Crippen LogP contribution in [0.2, 0.25) is 0 Å². The van der Waals surface area contributed by atoms with Crippen molar-refractivity contribution in [1.29, 1.82) is 0 Å². The van der Waals surface area contributed by atoms with E-state index in [1.165, 1.54) is 0 Å². The molecule has 1 saturated heterocycles. The molecule has 0 N–H and O–H groups in total. The fourth-order valence-electron chi connectivity index (χ4n) is 2.15. The molecule has 5 heteroatoms. The number of benzene rings is 1. The highest BCUT2D eigenvalue weighted by molar-refractivity contribution is 7.90. The van der Waals surface area contributed by atoms with Crippen LogP contribution in [0.5, 0.6) is 0 Å². The summed E-state index contributed by atoms with van der Waals surface area (Å²) in [6.45, 7) is 2.81. The highest BCUT2D eigenvalue weighted by Crippen LogP contribution is 2.17. The molecule has 1 aliphatic rings. The summed E-state index contributed by atoms with van der Waals surface area (Å²) < 4.78 is 28.5. The van der Waals surface area contributed by atoms with Crippen molar-refractivity contribution >= 4 is 15.9 Å². The maximum atomic E-state index is 12.3. The first-order chi connectivity index (χ1) is 8.99. The fraction of sp³-hybridized carbons (Fsp3) is 0.500. The highest BCUT2D eigenvalue weighted by atomic mass is 32.2. The minimum absolute atomic E-state index is 0.267. The molecule has 19 heavy (non-hydrogen) atoms. The Morgan fingerprint density at radius 1 is 1.11 bits per heavy atom. The van der Waals surface area contributed by atoms with Crippen molar-refractivity contribution in [3.05, 3.63) is 29.8 Å². The number of rotatable bonds is 2. The first-order valence-electron chi connectivity index (χ1n) is 6.61. The molecule has 1 heterocycles. The largest absolute Gasteiger partial charge is 0.362 e. The van der Waals surface area contributed by atoms with Gasteiger partial charge in [-0.1, -0.05) is 24.1 Å². The van der Waals surface area contributed by atoms with Gasteiger partial charge in [0.15, 0.2) is 0 Å². The van der Waals surface area contributed by atoms with Crippen molar-refractivity contribution in [3.63, 3.8) is 0 Å². The number of hydrogen-bond donors (Lipinski definition) is 0. The van der Waals surface area contributed by atoms with Gasteiger partial charge in [0.25, 0.3) is 10.0 Å². The lowest BCUT2D eigenvalue weighted by Crippen LogP contribution is -2.26. The molecule has 0 spiro atoms. The third kappa shape index (κ3) is 3.56. The second-order valence-corrected chi connectivity index (χ2v) is 6.63. The molecule has 4 nitrogen and oxygen atoms in total. The summed E-state index contributed by atoms with van der Waals surface area (Å²) in [6.07, 6.45) is 3.97. The van der Waals surface area contributed by atoms with Crippen LogP contribution in [0, 0.1) is 6.92 Å². The quantitative estimate of drug-likeness (QED) is 0.836. The second kappa shape index (κ2) is 5.74. The maximum Gasteiger partial charge on any atom is 0.283 e. The minimum atomic E-state index is -3.58. The molecule has 0 atom stereocenters. The fourth-order valence-corrected chi connectivity index (χ4v) is 3.24. The molecule has 0 amide bonds. The van der Waals surface area contributed by atoms with E-state index in [0.717, 1.165) is 37.8 Å². The zero-order valence-corrected chi connectivity index (χ0v) is 12.3. The predicted octanol–water partition coefficient (Wildman–Crippen LogP) is 2.59. The number of aryl methyl sites for hydroxylation is 1. The Morgan fingerprint density at radius 3 is 2.47 bits per heavy atom. The van der Waals surface area contributed by atoms with E-state index in [4.69, 9.17) is 0 Å². The zero-order chi connectivity index (χ0) is 13.9. The van der Waals surface area contributed by atoms with Crippen molar-refractivity contribution in [1.82, 2.24) is 4.90 Å². The van der Waals surface area contributed by atoms with Crippen LogP contribution >= 0.6 is 0 Å². The molecule has 0 aromatic heterocycles. The highest BCUT2D eigenvalue weighted by Gasteiger charge is 2.17. The van der Waals surface area contributed by atoms with Gasteiger partial charge in [-0.3, -0.25) is 0 Å². The van der Waals surface area contributed by atoms with Crippen molar-refractivity contribution < 1.29 is 8.42 Å². The van der Waals surface area contributed by atoms with Gasteiger partial charge in [-0.25, -0.2) is 0 Å². The predicted molar refractivity (Wildman–Crippen MR) is 76.9 cm³/mol. The number of sulfonamides is 1. The average molecular weight is 280 g/mol. The summed E-state index contributed by atoms with van der Waals surface area (Å²) >= 11 is 0. The summed E-state index contributed by atoms with van der Waals surface area (Å²) in [5.41, 5.74) is 1.04. The summed E-state index contributed by atoms with van der Waals surface area (Å²) in [4.78, 5) is 2.22. The van der Waals surface area contributed by atoms with Crippen LogP contribution in [0.4, 0.5) is 0 Å². The first-order valence-corrected chi connectivity index (χ1v) is 8.05. The summed E-state index contributed by atoms with van der Waals surface area (Å²) in [7, 11) is -1.67. The monoisotopic (exact) mass is 280 g/mol. The number of likely N-dealkylation sites (tertiary alicyclic amines) is 1. The molecule has 1 aromatic rings. The van der Waals surface area contributed by atoms with Crippen LogP contribution in [0.25, 0.3) is 0 Å². The van der Waals surface area contributed by atoms with Crippen LogP contribution in [0.1, 0.15) is 31.2 Å². The summed E-state index contributed by atoms with van der Waals surface area (Å²) in [5, 5.41) is 0. The van der Waals surface area contributed by atoms with Gasteiger partial charge in [0.1, 0.15) is 5.84 Å². The van der Waals surface area contributed by atoms with Crippen LogP contribution in [0.15, 0.2) is 33.6 Å². The Labute approximate surface area is 115 Å². The third-order valence-electron chi connectivity index (χ3n) is 3.38. The van der Waals surface area contributed by atoms with Crippen molar-refractivity contribution in [2.75, 3.05) is 13.6 Å². The number of nitrogens with zero attached hydrogens (tertiary/aromatic N) is 2. The van der Waals surface area contributed by atoms with E-state index in [1.54, 1.807) is 24.3 Å². The molecule has 0 saturated carbocycles. The van der Waals surface area contributed by atoms with E-state index in [0.29, 0.717) is 5.84 Å². The molecule has 1 aliphatic heterocycles. The van der Waals surface area contributed by atoms with Gasteiger partial charge in [-0.05, 0) is 31.9 Å².